The Morgan fingerprint density at radius 2 is 1.69 bits per heavy atom. The third kappa shape index (κ3) is 1.06. The smallest absolute Gasteiger partial charge is 0.0352 e. The summed E-state index contributed by atoms with van der Waals surface area (Å²) in [7, 11) is 0. The van der Waals surface area contributed by atoms with Gasteiger partial charge in [0.2, 0.25) is 0 Å². The second-order valence-electron chi connectivity index (χ2n) is 4.98. The number of para-hydroxylation sites is 1. The Bertz CT molecular complexity index is 341. The van der Waals surface area contributed by atoms with Crippen LogP contribution < -0.4 is 5.73 Å². The quantitative estimate of drug-likeness (QED) is 0.652. The molecule has 0 heterocycles. The molecule has 1 aromatic rings. The van der Waals surface area contributed by atoms with Gasteiger partial charge in [0, 0.05) is 11.1 Å². The van der Waals surface area contributed by atoms with Crippen molar-refractivity contribution in [3.63, 3.8) is 0 Å². The van der Waals surface area contributed by atoms with Crippen LogP contribution >= 0.6 is 0 Å². The molecule has 70 valence electrons. The maximum absolute atomic E-state index is 5.97. The molecule has 0 amide bonds. The fourth-order valence-corrected chi connectivity index (χ4v) is 2.30. The Balaban J connectivity index is 2.44. The normalized spacial score (nSPS) is 30.1. The van der Waals surface area contributed by atoms with Crippen LogP contribution in [-0.2, 0) is 5.41 Å². The molecule has 1 heteroatoms. The molecule has 0 bridgehead atoms. The molecule has 13 heavy (non-hydrogen) atoms. The molecule has 1 saturated carbocycles. The molecule has 0 spiro atoms. The number of nitrogen functional groups attached to an aromatic ring is 1. The van der Waals surface area contributed by atoms with Crippen LogP contribution in [0.5, 0.6) is 0 Å². The van der Waals surface area contributed by atoms with Crippen molar-refractivity contribution in [3.8, 4) is 0 Å². The van der Waals surface area contributed by atoms with Gasteiger partial charge in [-0.2, -0.15) is 0 Å². The third-order valence-electron chi connectivity index (χ3n) is 3.72. The van der Waals surface area contributed by atoms with E-state index in [1.807, 2.05) is 12.1 Å². The number of hydrogen-bond acceptors (Lipinski definition) is 1. The van der Waals surface area contributed by atoms with E-state index in [9.17, 15) is 0 Å². The summed E-state index contributed by atoms with van der Waals surface area (Å²) in [6.07, 6.45) is 1.24. The lowest BCUT2D eigenvalue weighted by Gasteiger charge is -2.17. The predicted molar refractivity (Wildman–Crippen MR) is 56.6 cm³/mol. The zero-order valence-corrected chi connectivity index (χ0v) is 8.59. The summed E-state index contributed by atoms with van der Waals surface area (Å²) in [6.45, 7) is 6.91. The van der Waals surface area contributed by atoms with Gasteiger partial charge in [-0.15, -0.1) is 0 Å². The number of nitrogens with two attached hydrogens (primary N) is 1. The van der Waals surface area contributed by atoms with E-state index in [0.29, 0.717) is 10.8 Å². The number of anilines is 1. The first-order chi connectivity index (χ1) is 5.97. The van der Waals surface area contributed by atoms with Crippen molar-refractivity contribution in [3.05, 3.63) is 29.8 Å². The van der Waals surface area contributed by atoms with Crippen molar-refractivity contribution in [1.29, 1.82) is 0 Å². The fourth-order valence-electron chi connectivity index (χ4n) is 2.30. The SMILES string of the molecule is CC1(C)CC1(C)c1ccccc1N. The van der Waals surface area contributed by atoms with Crippen molar-refractivity contribution in [2.75, 3.05) is 5.73 Å². The highest BCUT2D eigenvalue weighted by atomic mass is 14.7. The lowest BCUT2D eigenvalue weighted by atomic mass is 9.89. The van der Waals surface area contributed by atoms with Crippen molar-refractivity contribution in [2.45, 2.75) is 32.6 Å². The largest absolute Gasteiger partial charge is 0.398 e. The molecule has 1 nitrogen and oxygen atoms in total. The van der Waals surface area contributed by atoms with Crippen molar-refractivity contribution >= 4 is 5.69 Å². The molecule has 2 N–H and O–H groups in total. The Hall–Kier alpha value is -0.980. The maximum Gasteiger partial charge on any atom is 0.0352 e. The maximum atomic E-state index is 5.97. The zero-order chi connectivity index (χ0) is 9.69. The van der Waals surface area contributed by atoms with Gasteiger partial charge in [-0.1, -0.05) is 39.0 Å². The Kier molecular flexibility index (Phi) is 1.51. The second-order valence-corrected chi connectivity index (χ2v) is 4.98. The molecule has 1 fully saturated rings. The second kappa shape index (κ2) is 2.28. The van der Waals surface area contributed by atoms with E-state index in [2.05, 4.69) is 32.9 Å². The van der Waals surface area contributed by atoms with Gasteiger partial charge >= 0.3 is 0 Å². The summed E-state index contributed by atoms with van der Waals surface area (Å²) in [5.74, 6) is 0. The van der Waals surface area contributed by atoms with Gasteiger partial charge in [0.05, 0.1) is 0 Å². The topological polar surface area (TPSA) is 26.0 Å². The van der Waals surface area contributed by atoms with Crippen molar-refractivity contribution in [2.24, 2.45) is 5.41 Å². The molecule has 0 aliphatic heterocycles. The minimum atomic E-state index is 0.304. The molecule has 0 radical (unpaired) electrons. The van der Waals surface area contributed by atoms with Gasteiger partial charge in [-0.3, -0.25) is 0 Å². The highest BCUT2D eigenvalue weighted by Gasteiger charge is 2.58. The van der Waals surface area contributed by atoms with Crippen LogP contribution in [0.2, 0.25) is 0 Å². The van der Waals surface area contributed by atoms with Gasteiger partial charge in [0.15, 0.2) is 0 Å². The van der Waals surface area contributed by atoms with Crippen LogP contribution in [-0.4, -0.2) is 0 Å². The van der Waals surface area contributed by atoms with Crippen molar-refractivity contribution in [1.82, 2.24) is 0 Å². The van der Waals surface area contributed by atoms with Gasteiger partial charge in [-0.25, -0.2) is 0 Å². The summed E-state index contributed by atoms with van der Waals surface area (Å²) >= 11 is 0. The molecule has 1 atom stereocenters. The lowest BCUT2D eigenvalue weighted by molar-refractivity contribution is 0.529. The van der Waals surface area contributed by atoms with Crippen LogP contribution in [0.15, 0.2) is 24.3 Å². The standard InChI is InChI=1S/C12H17N/c1-11(2)8-12(11,3)9-6-4-5-7-10(9)13/h4-7H,8,13H2,1-3H3. The summed E-state index contributed by atoms with van der Waals surface area (Å²) < 4.78 is 0. The van der Waals surface area contributed by atoms with E-state index in [1.165, 1.54) is 12.0 Å². The van der Waals surface area contributed by atoms with E-state index in [-0.39, 0.29) is 0 Å². The van der Waals surface area contributed by atoms with Gasteiger partial charge in [0.1, 0.15) is 0 Å². The Morgan fingerprint density at radius 1 is 1.15 bits per heavy atom. The molecule has 2 rings (SSSR count). The average molecular weight is 175 g/mol. The van der Waals surface area contributed by atoms with E-state index in [0.717, 1.165) is 5.69 Å². The summed E-state index contributed by atoms with van der Waals surface area (Å²) in [4.78, 5) is 0. The molecule has 0 aromatic heterocycles. The average Bonchev–Trinajstić information content (AvgIpc) is 2.53. The summed E-state index contributed by atoms with van der Waals surface area (Å²) in [5, 5.41) is 0. The van der Waals surface area contributed by atoms with Crippen LogP contribution in [0.4, 0.5) is 5.69 Å². The first-order valence-electron chi connectivity index (χ1n) is 4.82. The Labute approximate surface area is 80.0 Å². The number of hydrogen-bond donors (Lipinski definition) is 1. The van der Waals surface area contributed by atoms with E-state index in [1.54, 1.807) is 0 Å². The molecule has 1 aromatic carbocycles. The van der Waals surface area contributed by atoms with Crippen LogP contribution in [0.25, 0.3) is 0 Å². The summed E-state index contributed by atoms with van der Waals surface area (Å²) in [6, 6.07) is 8.22. The van der Waals surface area contributed by atoms with Gasteiger partial charge in [-0.05, 0) is 23.5 Å². The van der Waals surface area contributed by atoms with Crippen LogP contribution in [0, 0.1) is 5.41 Å². The molecule has 1 aliphatic carbocycles. The summed E-state index contributed by atoms with van der Waals surface area (Å²) in [5.41, 5.74) is 8.95. The van der Waals surface area contributed by atoms with E-state index < -0.39 is 0 Å². The van der Waals surface area contributed by atoms with Gasteiger partial charge in [0.25, 0.3) is 0 Å². The van der Waals surface area contributed by atoms with Crippen LogP contribution in [0.1, 0.15) is 32.8 Å². The van der Waals surface area contributed by atoms with Crippen molar-refractivity contribution < 1.29 is 0 Å². The first-order valence-corrected chi connectivity index (χ1v) is 4.82. The third-order valence-corrected chi connectivity index (χ3v) is 3.72. The number of rotatable bonds is 1. The molecule has 0 saturated heterocycles. The lowest BCUT2D eigenvalue weighted by Crippen LogP contribution is -2.11. The molecular formula is C12H17N. The first kappa shape index (κ1) is 8.61. The predicted octanol–water partition coefficient (Wildman–Crippen LogP) is 2.96. The molecular weight excluding hydrogens is 158 g/mol. The van der Waals surface area contributed by atoms with E-state index in [4.69, 9.17) is 5.73 Å². The van der Waals surface area contributed by atoms with Crippen LogP contribution in [0.3, 0.4) is 0 Å². The monoisotopic (exact) mass is 175 g/mol. The highest BCUT2D eigenvalue weighted by Crippen LogP contribution is 2.64. The fraction of sp³-hybridized carbons (Fsp3) is 0.500. The molecule has 1 unspecified atom stereocenters. The number of benzene rings is 1. The minimum Gasteiger partial charge on any atom is -0.398 e. The van der Waals surface area contributed by atoms with E-state index >= 15 is 0 Å². The van der Waals surface area contributed by atoms with Gasteiger partial charge < -0.3 is 5.73 Å². The zero-order valence-electron chi connectivity index (χ0n) is 8.59. The Morgan fingerprint density at radius 3 is 2.15 bits per heavy atom. The highest BCUT2D eigenvalue weighted by molar-refractivity contribution is 5.54. The minimum absolute atomic E-state index is 0.304. The molecule has 1 aliphatic rings.